The Morgan fingerprint density at radius 2 is 1.78 bits per heavy atom. The lowest BCUT2D eigenvalue weighted by molar-refractivity contribution is 0.0973. The summed E-state index contributed by atoms with van der Waals surface area (Å²) in [6.45, 7) is -0.00141. The van der Waals surface area contributed by atoms with Crippen molar-refractivity contribution >= 4 is 32.9 Å². The lowest BCUT2D eigenvalue weighted by Gasteiger charge is -2.08. The Labute approximate surface area is 138 Å². The monoisotopic (exact) mass is 376 g/mol. The number of carbonyl (C=O) groups is 1. The molecule has 7 nitrogen and oxygen atoms in total. The quantitative estimate of drug-likeness (QED) is 0.640. The molecule has 0 saturated carbocycles. The van der Waals surface area contributed by atoms with E-state index in [0.717, 1.165) is 9.04 Å². The highest BCUT2D eigenvalue weighted by Gasteiger charge is 2.16. The summed E-state index contributed by atoms with van der Waals surface area (Å²) in [4.78, 5) is 40.6. The molecule has 1 aromatic carbocycles. The van der Waals surface area contributed by atoms with Crippen LogP contribution in [-0.4, -0.2) is 24.5 Å². The summed E-state index contributed by atoms with van der Waals surface area (Å²) in [5.41, 5.74) is 0.115. The van der Waals surface area contributed by atoms with Crippen molar-refractivity contribution in [1.82, 2.24) is 18.7 Å². The maximum Gasteiger partial charge on any atom is 0.332 e. The topological polar surface area (TPSA) is 78.9 Å². The minimum Gasteiger partial charge on any atom is -0.309 e. The van der Waals surface area contributed by atoms with Crippen LogP contribution in [0.5, 0.6) is 0 Å². The summed E-state index contributed by atoms with van der Waals surface area (Å²) in [6.07, 6.45) is 1.41. The molecule has 2 heterocycles. The second-order valence-corrected chi connectivity index (χ2v) is 6.10. The third-order valence-corrected chi connectivity index (χ3v) is 4.22. The SMILES string of the molecule is Cn1c(=O)c2ncn(CC(=O)c3ccc(Br)cc3)c2n(C)c1=O. The zero-order valence-corrected chi connectivity index (χ0v) is 14.1. The molecule has 23 heavy (non-hydrogen) atoms. The van der Waals surface area contributed by atoms with E-state index in [1.54, 1.807) is 31.3 Å². The first kappa shape index (κ1) is 15.4. The Hall–Kier alpha value is -2.48. The standard InChI is InChI=1S/C15H13BrN4O3/c1-18-13-12(14(22)19(2)15(18)23)17-8-20(13)7-11(21)9-3-5-10(16)6-4-9/h3-6,8H,7H2,1-2H3. The summed E-state index contributed by atoms with van der Waals surface area (Å²) >= 11 is 3.32. The third kappa shape index (κ3) is 2.55. The number of imidazole rings is 1. The third-order valence-electron chi connectivity index (χ3n) is 3.69. The average Bonchev–Trinajstić information content (AvgIpc) is 2.95. The zero-order valence-electron chi connectivity index (χ0n) is 12.5. The number of nitrogens with zero attached hydrogens (tertiary/aromatic N) is 4. The van der Waals surface area contributed by atoms with Crippen LogP contribution < -0.4 is 11.2 Å². The van der Waals surface area contributed by atoms with Crippen LogP contribution in [0.15, 0.2) is 44.7 Å². The van der Waals surface area contributed by atoms with Crippen molar-refractivity contribution in [2.24, 2.45) is 14.1 Å². The molecule has 3 rings (SSSR count). The molecule has 0 spiro atoms. The van der Waals surface area contributed by atoms with Crippen molar-refractivity contribution < 1.29 is 4.79 Å². The maximum atomic E-state index is 12.4. The second kappa shape index (κ2) is 5.62. The highest BCUT2D eigenvalue weighted by molar-refractivity contribution is 9.10. The van der Waals surface area contributed by atoms with Crippen LogP contribution >= 0.6 is 15.9 Å². The van der Waals surface area contributed by atoms with Crippen LogP contribution in [0.3, 0.4) is 0 Å². The van der Waals surface area contributed by atoms with E-state index >= 15 is 0 Å². The van der Waals surface area contributed by atoms with E-state index in [9.17, 15) is 14.4 Å². The van der Waals surface area contributed by atoms with Crippen molar-refractivity contribution in [2.75, 3.05) is 0 Å². The number of fused-ring (bicyclic) bond motifs is 1. The molecule has 0 bridgehead atoms. The van der Waals surface area contributed by atoms with Crippen molar-refractivity contribution in [3.63, 3.8) is 0 Å². The molecule has 0 saturated heterocycles. The minimum absolute atomic E-state index is 0.00141. The number of benzene rings is 1. The van der Waals surface area contributed by atoms with Gasteiger partial charge >= 0.3 is 5.69 Å². The number of rotatable bonds is 3. The van der Waals surface area contributed by atoms with Gasteiger partial charge in [-0.05, 0) is 12.1 Å². The number of carbonyl (C=O) groups excluding carboxylic acids is 1. The molecular weight excluding hydrogens is 364 g/mol. The van der Waals surface area contributed by atoms with Crippen LogP contribution in [0.25, 0.3) is 11.2 Å². The van der Waals surface area contributed by atoms with Crippen molar-refractivity contribution in [3.8, 4) is 0 Å². The highest BCUT2D eigenvalue weighted by atomic mass is 79.9. The van der Waals surface area contributed by atoms with Crippen LogP contribution in [0.1, 0.15) is 10.4 Å². The van der Waals surface area contributed by atoms with Crippen molar-refractivity contribution in [2.45, 2.75) is 6.54 Å². The van der Waals surface area contributed by atoms with E-state index < -0.39 is 11.2 Å². The minimum atomic E-state index is -0.474. The Balaban J connectivity index is 2.08. The molecule has 0 amide bonds. The van der Waals surface area contributed by atoms with Gasteiger partial charge in [0.15, 0.2) is 11.3 Å². The Morgan fingerprint density at radius 3 is 2.43 bits per heavy atom. The first-order valence-corrected chi connectivity index (χ1v) is 7.59. The molecule has 0 unspecified atom stereocenters. The van der Waals surface area contributed by atoms with Gasteiger partial charge < -0.3 is 4.57 Å². The smallest absolute Gasteiger partial charge is 0.309 e. The van der Waals surface area contributed by atoms with Gasteiger partial charge in [0.2, 0.25) is 0 Å². The van der Waals surface area contributed by atoms with Gasteiger partial charge in [0.25, 0.3) is 5.56 Å². The van der Waals surface area contributed by atoms with Gasteiger partial charge in [-0.2, -0.15) is 0 Å². The van der Waals surface area contributed by atoms with E-state index in [1.807, 2.05) is 0 Å². The first-order valence-electron chi connectivity index (χ1n) is 6.79. The van der Waals surface area contributed by atoms with Gasteiger partial charge in [-0.15, -0.1) is 0 Å². The van der Waals surface area contributed by atoms with E-state index in [-0.39, 0.29) is 17.8 Å². The maximum absolute atomic E-state index is 12.4. The summed E-state index contributed by atoms with van der Waals surface area (Å²) in [5, 5.41) is 0. The molecule has 0 radical (unpaired) electrons. The number of aryl methyl sites for hydroxylation is 1. The summed E-state index contributed by atoms with van der Waals surface area (Å²) in [6, 6.07) is 6.99. The predicted molar refractivity (Wildman–Crippen MR) is 88.7 cm³/mol. The lowest BCUT2D eigenvalue weighted by Crippen LogP contribution is -2.37. The summed E-state index contributed by atoms with van der Waals surface area (Å²) in [5.74, 6) is -0.134. The van der Waals surface area contributed by atoms with Crippen LogP contribution in [-0.2, 0) is 20.6 Å². The number of halogens is 1. The normalized spacial score (nSPS) is 11.1. The first-order chi connectivity index (χ1) is 10.9. The van der Waals surface area contributed by atoms with E-state index in [4.69, 9.17) is 0 Å². The Bertz CT molecular complexity index is 1030. The number of hydrogen-bond donors (Lipinski definition) is 0. The predicted octanol–water partition coefficient (Wildman–Crippen LogP) is 1.08. The van der Waals surface area contributed by atoms with Crippen LogP contribution in [0.2, 0.25) is 0 Å². The van der Waals surface area contributed by atoms with Crippen LogP contribution in [0.4, 0.5) is 0 Å². The fraction of sp³-hybridized carbons (Fsp3) is 0.200. The largest absolute Gasteiger partial charge is 0.332 e. The highest BCUT2D eigenvalue weighted by Crippen LogP contribution is 2.13. The van der Waals surface area contributed by atoms with Gasteiger partial charge in [0.1, 0.15) is 5.65 Å². The zero-order chi connectivity index (χ0) is 16.7. The van der Waals surface area contributed by atoms with Gasteiger partial charge in [-0.3, -0.25) is 18.7 Å². The van der Waals surface area contributed by atoms with E-state index in [0.29, 0.717) is 11.2 Å². The molecule has 0 aliphatic rings. The molecule has 2 aromatic heterocycles. The van der Waals surface area contributed by atoms with Crippen LogP contribution in [0, 0.1) is 0 Å². The molecule has 118 valence electrons. The fourth-order valence-corrected chi connectivity index (χ4v) is 2.70. The van der Waals surface area contributed by atoms with Crippen molar-refractivity contribution in [1.29, 1.82) is 0 Å². The van der Waals surface area contributed by atoms with Gasteiger partial charge in [0, 0.05) is 24.1 Å². The Kier molecular flexibility index (Phi) is 3.77. The van der Waals surface area contributed by atoms with Crippen molar-refractivity contribution in [3.05, 3.63) is 61.5 Å². The van der Waals surface area contributed by atoms with Gasteiger partial charge in [-0.25, -0.2) is 9.78 Å². The van der Waals surface area contributed by atoms with E-state index in [1.165, 1.54) is 22.5 Å². The Morgan fingerprint density at radius 1 is 1.13 bits per heavy atom. The summed E-state index contributed by atoms with van der Waals surface area (Å²) in [7, 11) is 2.95. The second-order valence-electron chi connectivity index (χ2n) is 5.18. The molecular formula is C15H13BrN4O3. The molecule has 0 aliphatic carbocycles. The molecule has 0 atom stereocenters. The fourth-order valence-electron chi connectivity index (χ4n) is 2.44. The molecule has 8 heteroatoms. The molecule has 0 fully saturated rings. The average molecular weight is 377 g/mol. The lowest BCUT2D eigenvalue weighted by atomic mass is 10.1. The number of aromatic nitrogens is 4. The molecule has 0 aliphatic heterocycles. The summed E-state index contributed by atoms with van der Waals surface area (Å²) < 4.78 is 4.71. The molecule has 3 aromatic rings. The number of Topliss-reactive ketones (excluding diaryl/α,β-unsaturated/α-hetero) is 1. The van der Waals surface area contributed by atoms with Gasteiger partial charge in [0.05, 0.1) is 12.9 Å². The number of ketones is 1. The molecule has 0 N–H and O–H groups in total. The van der Waals surface area contributed by atoms with Gasteiger partial charge in [-0.1, -0.05) is 28.1 Å². The number of hydrogen-bond acceptors (Lipinski definition) is 4. The van der Waals surface area contributed by atoms with E-state index in [2.05, 4.69) is 20.9 Å².